The first-order valence-electron chi connectivity index (χ1n) is 5.53. The van der Waals surface area contributed by atoms with Crippen molar-refractivity contribution in [1.82, 2.24) is 0 Å². The number of nitro benzene ring substituents is 1. The van der Waals surface area contributed by atoms with Crippen molar-refractivity contribution in [2.24, 2.45) is 5.41 Å². The Hall–Kier alpha value is -1.43. The van der Waals surface area contributed by atoms with Gasteiger partial charge in [0.1, 0.15) is 0 Å². The van der Waals surface area contributed by atoms with Crippen LogP contribution in [0.5, 0.6) is 0 Å². The van der Waals surface area contributed by atoms with Crippen molar-refractivity contribution in [3.8, 4) is 0 Å². The Bertz CT molecular complexity index is 543. The van der Waals surface area contributed by atoms with Crippen LogP contribution < -0.4 is 0 Å². The number of hydrogen-bond acceptors (Lipinski definition) is 4. The van der Waals surface area contributed by atoms with Crippen molar-refractivity contribution in [3.63, 3.8) is 0 Å². The van der Waals surface area contributed by atoms with Crippen LogP contribution in [-0.4, -0.2) is 19.1 Å². The van der Waals surface area contributed by atoms with Crippen LogP contribution in [0.25, 0.3) is 0 Å². The van der Waals surface area contributed by atoms with E-state index in [4.69, 9.17) is 0 Å². The summed E-state index contributed by atoms with van der Waals surface area (Å²) in [6.45, 7) is 5.54. The second-order valence-corrected chi connectivity index (χ2v) is 7.58. The Morgan fingerprint density at radius 3 is 2.39 bits per heavy atom. The SMILES string of the molecule is CC(C)(C)CS(=O)(=O)Cc1cccc([N+](=O)[O-])c1. The maximum absolute atomic E-state index is 11.9. The molecule has 0 N–H and O–H groups in total. The number of non-ortho nitro benzene ring substituents is 1. The van der Waals surface area contributed by atoms with E-state index < -0.39 is 14.8 Å². The largest absolute Gasteiger partial charge is 0.269 e. The number of nitrogens with zero attached hydrogens (tertiary/aromatic N) is 1. The van der Waals surface area contributed by atoms with E-state index in [0.29, 0.717) is 5.56 Å². The molecule has 0 aliphatic heterocycles. The topological polar surface area (TPSA) is 77.3 Å². The zero-order valence-corrected chi connectivity index (χ0v) is 11.5. The van der Waals surface area contributed by atoms with E-state index in [1.54, 1.807) is 6.07 Å². The average Bonchev–Trinajstić information content (AvgIpc) is 2.12. The first kappa shape index (κ1) is 14.6. The molecule has 0 aromatic heterocycles. The number of rotatable bonds is 4. The van der Waals surface area contributed by atoms with Gasteiger partial charge in [-0.1, -0.05) is 32.9 Å². The van der Waals surface area contributed by atoms with Gasteiger partial charge in [0.2, 0.25) is 0 Å². The van der Waals surface area contributed by atoms with Crippen LogP contribution in [-0.2, 0) is 15.6 Å². The Kier molecular flexibility index (Phi) is 4.11. The third-order valence-electron chi connectivity index (χ3n) is 2.16. The van der Waals surface area contributed by atoms with Crippen molar-refractivity contribution >= 4 is 15.5 Å². The minimum atomic E-state index is -3.26. The van der Waals surface area contributed by atoms with Crippen molar-refractivity contribution in [1.29, 1.82) is 0 Å². The summed E-state index contributed by atoms with van der Waals surface area (Å²) in [5, 5.41) is 10.6. The number of sulfone groups is 1. The molecular weight excluding hydrogens is 254 g/mol. The normalized spacial score (nSPS) is 12.4. The summed E-state index contributed by atoms with van der Waals surface area (Å²) in [6.07, 6.45) is 0. The highest BCUT2D eigenvalue weighted by Gasteiger charge is 2.22. The van der Waals surface area contributed by atoms with Crippen LogP contribution in [0, 0.1) is 15.5 Å². The lowest BCUT2D eigenvalue weighted by atomic mass is 10.0. The Labute approximate surface area is 107 Å². The van der Waals surface area contributed by atoms with Gasteiger partial charge in [-0.3, -0.25) is 10.1 Å². The lowest BCUT2D eigenvalue weighted by molar-refractivity contribution is -0.384. The molecule has 0 bridgehead atoms. The highest BCUT2D eigenvalue weighted by Crippen LogP contribution is 2.20. The van der Waals surface area contributed by atoms with Gasteiger partial charge in [-0.25, -0.2) is 8.42 Å². The van der Waals surface area contributed by atoms with Gasteiger partial charge in [0, 0.05) is 12.1 Å². The van der Waals surface area contributed by atoms with Gasteiger partial charge >= 0.3 is 0 Å². The monoisotopic (exact) mass is 271 g/mol. The molecule has 0 aliphatic carbocycles. The van der Waals surface area contributed by atoms with Gasteiger partial charge in [-0.15, -0.1) is 0 Å². The second-order valence-electron chi connectivity index (χ2n) is 5.52. The number of nitro groups is 1. The van der Waals surface area contributed by atoms with Gasteiger partial charge in [-0.05, 0) is 11.0 Å². The van der Waals surface area contributed by atoms with Crippen LogP contribution >= 0.6 is 0 Å². The fourth-order valence-corrected chi connectivity index (χ4v) is 3.83. The molecule has 0 unspecified atom stereocenters. The molecule has 100 valence electrons. The van der Waals surface area contributed by atoms with E-state index in [1.807, 2.05) is 20.8 Å². The molecule has 1 aromatic carbocycles. The summed E-state index contributed by atoms with van der Waals surface area (Å²) in [7, 11) is -3.26. The van der Waals surface area contributed by atoms with Crippen LogP contribution in [0.15, 0.2) is 24.3 Å². The zero-order valence-electron chi connectivity index (χ0n) is 10.7. The Morgan fingerprint density at radius 2 is 1.89 bits per heavy atom. The molecule has 6 heteroatoms. The smallest absolute Gasteiger partial charge is 0.258 e. The molecule has 5 nitrogen and oxygen atoms in total. The van der Waals surface area contributed by atoms with Crippen molar-refractivity contribution in [3.05, 3.63) is 39.9 Å². The number of hydrogen-bond donors (Lipinski definition) is 0. The molecule has 0 radical (unpaired) electrons. The molecule has 0 spiro atoms. The molecule has 0 saturated carbocycles. The predicted molar refractivity (Wildman–Crippen MR) is 70.0 cm³/mol. The van der Waals surface area contributed by atoms with Gasteiger partial charge in [0.15, 0.2) is 9.84 Å². The van der Waals surface area contributed by atoms with E-state index in [-0.39, 0.29) is 22.6 Å². The van der Waals surface area contributed by atoms with E-state index >= 15 is 0 Å². The van der Waals surface area contributed by atoms with Crippen molar-refractivity contribution < 1.29 is 13.3 Å². The molecule has 0 heterocycles. The second kappa shape index (κ2) is 5.06. The third-order valence-corrected chi connectivity index (χ3v) is 4.24. The maximum atomic E-state index is 11.9. The molecule has 0 saturated heterocycles. The lowest BCUT2D eigenvalue weighted by Crippen LogP contribution is -2.22. The average molecular weight is 271 g/mol. The standard InChI is InChI=1S/C12H17NO4S/c1-12(2,3)9-18(16,17)8-10-5-4-6-11(7-10)13(14)15/h4-7H,8-9H2,1-3H3. The zero-order chi connectivity index (χ0) is 14.0. The first-order chi connectivity index (χ1) is 8.09. The molecule has 1 rings (SSSR count). The predicted octanol–water partition coefficient (Wildman–Crippen LogP) is 2.56. The van der Waals surface area contributed by atoms with E-state index in [1.165, 1.54) is 18.2 Å². The molecule has 0 atom stereocenters. The van der Waals surface area contributed by atoms with E-state index in [2.05, 4.69) is 0 Å². The molecule has 0 aliphatic rings. The quantitative estimate of drug-likeness (QED) is 0.623. The minimum absolute atomic E-state index is 0.0582. The van der Waals surface area contributed by atoms with Gasteiger partial charge in [-0.2, -0.15) is 0 Å². The van der Waals surface area contributed by atoms with Crippen molar-refractivity contribution in [2.75, 3.05) is 5.75 Å². The Balaban J connectivity index is 2.91. The number of benzene rings is 1. The maximum Gasteiger partial charge on any atom is 0.269 e. The summed E-state index contributed by atoms with van der Waals surface area (Å²) in [5.74, 6) is -0.103. The van der Waals surface area contributed by atoms with Crippen LogP contribution in [0.2, 0.25) is 0 Å². The molecule has 18 heavy (non-hydrogen) atoms. The van der Waals surface area contributed by atoms with E-state index in [0.717, 1.165) is 0 Å². The highest BCUT2D eigenvalue weighted by molar-refractivity contribution is 7.90. The highest BCUT2D eigenvalue weighted by atomic mass is 32.2. The van der Waals surface area contributed by atoms with Gasteiger partial charge < -0.3 is 0 Å². The summed E-state index contributed by atoms with van der Waals surface area (Å²) < 4.78 is 23.9. The molecular formula is C12H17NO4S. The summed E-state index contributed by atoms with van der Waals surface area (Å²) in [4.78, 5) is 10.1. The molecule has 1 aromatic rings. The Morgan fingerprint density at radius 1 is 1.28 bits per heavy atom. The van der Waals surface area contributed by atoms with Gasteiger partial charge in [0.05, 0.1) is 16.4 Å². The van der Waals surface area contributed by atoms with Crippen LogP contribution in [0.1, 0.15) is 26.3 Å². The van der Waals surface area contributed by atoms with Crippen LogP contribution in [0.4, 0.5) is 5.69 Å². The fourth-order valence-electron chi connectivity index (χ4n) is 1.72. The lowest BCUT2D eigenvalue weighted by Gasteiger charge is -2.17. The van der Waals surface area contributed by atoms with Crippen molar-refractivity contribution in [2.45, 2.75) is 26.5 Å². The fraction of sp³-hybridized carbons (Fsp3) is 0.500. The summed E-state index contributed by atoms with van der Waals surface area (Å²) in [5.41, 5.74) is 0.0476. The third kappa shape index (κ3) is 4.83. The van der Waals surface area contributed by atoms with E-state index in [9.17, 15) is 18.5 Å². The summed E-state index contributed by atoms with van der Waals surface area (Å²) >= 11 is 0. The molecule has 0 fully saturated rings. The van der Waals surface area contributed by atoms with Gasteiger partial charge in [0.25, 0.3) is 5.69 Å². The first-order valence-corrected chi connectivity index (χ1v) is 7.35. The van der Waals surface area contributed by atoms with Crippen LogP contribution in [0.3, 0.4) is 0 Å². The minimum Gasteiger partial charge on any atom is -0.258 e. The summed E-state index contributed by atoms with van der Waals surface area (Å²) in [6, 6.07) is 5.74. The molecule has 0 amide bonds.